The van der Waals surface area contributed by atoms with Crippen molar-refractivity contribution >= 4 is 33.5 Å². The van der Waals surface area contributed by atoms with Crippen molar-refractivity contribution < 1.29 is 9.90 Å². The number of hydrogen-bond acceptors (Lipinski definition) is 2. The summed E-state index contributed by atoms with van der Waals surface area (Å²) in [4.78, 5) is 11.5. The average Bonchev–Trinajstić information content (AvgIpc) is 2.67. The van der Waals surface area contributed by atoms with Crippen molar-refractivity contribution in [3.8, 4) is 0 Å². The Labute approximate surface area is 136 Å². The Hall–Kier alpha value is -1.33. The van der Waals surface area contributed by atoms with Gasteiger partial charge in [-0.3, -0.25) is 0 Å². The molecule has 0 spiro atoms. The molecule has 0 radical (unpaired) electrons. The van der Waals surface area contributed by atoms with Gasteiger partial charge in [0.1, 0.15) is 10.7 Å². The Morgan fingerprint density at radius 1 is 1.43 bits per heavy atom. The van der Waals surface area contributed by atoms with Gasteiger partial charge in [0.05, 0.1) is 12.2 Å². The quantitative estimate of drug-likeness (QED) is 0.873. The Morgan fingerprint density at radius 3 is 2.57 bits per heavy atom. The highest BCUT2D eigenvalue weighted by molar-refractivity contribution is 9.10. The van der Waals surface area contributed by atoms with E-state index in [2.05, 4.69) is 21.0 Å². The lowest BCUT2D eigenvalue weighted by atomic mass is 9.89. The van der Waals surface area contributed by atoms with Crippen molar-refractivity contribution in [2.75, 3.05) is 0 Å². The smallest absolute Gasteiger partial charge is 0.340 e. The molecular formula is C15H16BrClN2O2. The van der Waals surface area contributed by atoms with E-state index in [0.29, 0.717) is 12.2 Å². The van der Waals surface area contributed by atoms with Gasteiger partial charge in [-0.25, -0.2) is 9.48 Å². The van der Waals surface area contributed by atoms with E-state index in [4.69, 9.17) is 11.6 Å². The minimum Gasteiger partial charge on any atom is -0.478 e. The fraction of sp³-hybridized carbons (Fsp3) is 0.333. The highest BCUT2D eigenvalue weighted by Crippen LogP contribution is 2.30. The molecule has 0 aliphatic heterocycles. The largest absolute Gasteiger partial charge is 0.478 e. The number of carbonyl (C=O) groups is 1. The number of halogens is 2. The van der Waals surface area contributed by atoms with Crippen LogP contribution in [0.25, 0.3) is 0 Å². The maximum absolute atomic E-state index is 11.5. The molecule has 0 unspecified atom stereocenters. The first kappa shape index (κ1) is 16.0. The molecule has 1 aromatic heterocycles. The number of nitrogens with zero attached hydrogens (tertiary/aromatic N) is 2. The fourth-order valence-corrected chi connectivity index (χ4v) is 2.78. The molecule has 0 bridgehead atoms. The van der Waals surface area contributed by atoms with Crippen LogP contribution in [-0.4, -0.2) is 20.9 Å². The lowest BCUT2D eigenvalue weighted by Crippen LogP contribution is -2.17. The van der Waals surface area contributed by atoms with Gasteiger partial charge in [-0.1, -0.05) is 60.4 Å². The Balaban J connectivity index is 2.48. The second-order valence-corrected chi connectivity index (χ2v) is 7.13. The molecule has 0 saturated carbocycles. The predicted octanol–water partition coefficient (Wildman–Crippen LogP) is 4.34. The topological polar surface area (TPSA) is 55.1 Å². The van der Waals surface area contributed by atoms with Gasteiger partial charge in [-0.15, -0.1) is 0 Å². The van der Waals surface area contributed by atoms with Gasteiger partial charge >= 0.3 is 5.97 Å². The summed E-state index contributed by atoms with van der Waals surface area (Å²) in [6.45, 7) is 6.18. The van der Waals surface area contributed by atoms with Crippen molar-refractivity contribution in [1.29, 1.82) is 0 Å². The summed E-state index contributed by atoms with van der Waals surface area (Å²) in [5, 5.41) is 14.0. The summed E-state index contributed by atoms with van der Waals surface area (Å²) in [6, 6.07) is 7.74. The molecule has 0 atom stereocenters. The van der Waals surface area contributed by atoms with Gasteiger partial charge in [0.15, 0.2) is 0 Å². The fourth-order valence-electron chi connectivity index (χ4n) is 2.07. The zero-order valence-electron chi connectivity index (χ0n) is 12.0. The third kappa shape index (κ3) is 3.47. The summed E-state index contributed by atoms with van der Waals surface area (Å²) >= 11 is 9.64. The maximum atomic E-state index is 11.5. The molecule has 4 nitrogen and oxygen atoms in total. The molecule has 1 N–H and O–H groups in total. The van der Waals surface area contributed by atoms with Crippen LogP contribution < -0.4 is 0 Å². The second kappa shape index (κ2) is 5.81. The minimum atomic E-state index is -1.05. The molecule has 112 valence electrons. The molecule has 2 aromatic rings. The number of aromatic nitrogens is 2. The molecular weight excluding hydrogens is 356 g/mol. The lowest BCUT2D eigenvalue weighted by Gasteiger charge is -2.15. The third-order valence-electron chi connectivity index (χ3n) is 3.04. The Bertz CT molecular complexity index is 689. The summed E-state index contributed by atoms with van der Waals surface area (Å²) in [6.07, 6.45) is 0. The van der Waals surface area contributed by atoms with Gasteiger partial charge in [0, 0.05) is 9.89 Å². The molecule has 6 heteroatoms. The van der Waals surface area contributed by atoms with E-state index < -0.39 is 5.97 Å². The van der Waals surface area contributed by atoms with Crippen molar-refractivity contribution in [3.05, 3.63) is 50.7 Å². The monoisotopic (exact) mass is 370 g/mol. The van der Waals surface area contributed by atoms with Crippen LogP contribution in [0.3, 0.4) is 0 Å². The maximum Gasteiger partial charge on any atom is 0.340 e. The zero-order valence-corrected chi connectivity index (χ0v) is 14.4. The number of benzene rings is 1. The number of carboxylic acids is 1. The van der Waals surface area contributed by atoms with Crippen LogP contribution in [0.1, 0.15) is 42.4 Å². The van der Waals surface area contributed by atoms with Gasteiger partial charge in [-0.05, 0) is 17.7 Å². The lowest BCUT2D eigenvalue weighted by molar-refractivity contribution is 0.0694. The van der Waals surface area contributed by atoms with Crippen molar-refractivity contribution in [2.24, 2.45) is 0 Å². The third-order valence-corrected chi connectivity index (χ3v) is 3.91. The molecule has 21 heavy (non-hydrogen) atoms. The van der Waals surface area contributed by atoms with E-state index in [0.717, 1.165) is 10.0 Å². The summed E-state index contributed by atoms with van der Waals surface area (Å²) in [5.41, 5.74) is 1.18. The molecule has 0 amide bonds. The van der Waals surface area contributed by atoms with Gasteiger partial charge in [0.25, 0.3) is 0 Å². The average molecular weight is 372 g/mol. The minimum absolute atomic E-state index is 0.0826. The van der Waals surface area contributed by atoms with Gasteiger partial charge in [-0.2, -0.15) is 5.10 Å². The number of carboxylic acid groups (broad SMARTS) is 1. The Kier molecular flexibility index (Phi) is 4.44. The molecule has 1 heterocycles. The summed E-state index contributed by atoms with van der Waals surface area (Å²) in [7, 11) is 0. The first-order valence-electron chi connectivity index (χ1n) is 6.44. The molecule has 0 fully saturated rings. The van der Waals surface area contributed by atoms with E-state index in [1.807, 2.05) is 45.0 Å². The molecule has 0 aliphatic carbocycles. The first-order chi connectivity index (χ1) is 9.70. The number of rotatable bonds is 3. The van der Waals surface area contributed by atoms with E-state index in [-0.39, 0.29) is 16.1 Å². The number of aromatic carboxylic acids is 1. The van der Waals surface area contributed by atoms with Crippen LogP contribution in [0.4, 0.5) is 0 Å². The SMILES string of the molecule is CC(C)(C)c1nn(Cc2cccc(Br)c2)c(Cl)c1C(=O)O. The molecule has 1 aromatic carbocycles. The highest BCUT2D eigenvalue weighted by Gasteiger charge is 2.29. The van der Waals surface area contributed by atoms with Crippen LogP contribution in [0.2, 0.25) is 5.15 Å². The van der Waals surface area contributed by atoms with E-state index in [1.165, 1.54) is 4.68 Å². The summed E-state index contributed by atoms with van der Waals surface area (Å²) in [5.74, 6) is -1.05. The summed E-state index contributed by atoms with van der Waals surface area (Å²) < 4.78 is 2.49. The van der Waals surface area contributed by atoms with E-state index in [1.54, 1.807) is 0 Å². The van der Waals surface area contributed by atoms with Crippen LogP contribution >= 0.6 is 27.5 Å². The normalized spacial score (nSPS) is 11.7. The zero-order chi connectivity index (χ0) is 15.8. The van der Waals surface area contributed by atoms with Crippen LogP contribution in [-0.2, 0) is 12.0 Å². The van der Waals surface area contributed by atoms with Crippen LogP contribution in [0.15, 0.2) is 28.7 Å². The van der Waals surface area contributed by atoms with Gasteiger partial charge < -0.3 is 5.11 Å². The van der Waals surface area contributed by atoms with Crippen molar-refractivity contribution in [2.45, 2.75) is 32.7 Å². The Morgan fingerprint density at radius 2 is 2.10 bits per heavy atom. The molecule has 0 saturated heterocycles. The highest BCUT2D eigenvalue weighted by atomic mass is 79.9. The number of hydrogen-bond donors (Lipinski definition) is 1. The molecule has 2 rings (SSSR count). The standard InChI is InChI=1S/C15H16BrClN2O2/c1-15(2,3)12-11(14(20)21)13(17)19(18-12)8-9-5-4-6-10(16)7-9/h4-7H,8H2,1-3H3,(H,20,21). The molecule has 0 aliphatic rings. The van der Waals surface area contributed by atoms with E-state index >= 15 is 0 Å². The van der Waals surface area contributed by atoms with E-state index in [9.17, 15) is 9.90 Å². The van der Waals surface area contributed by atoms with Gasteiger partial charge in [0.2, 0.25) is 0 Å². The first-order valence-corrected chi connectivity index (χ1v) is 7.62. The predicted molar refractivity (Wildman–Crippen MR) is 86.1 cm³/mol. The van der Waals surface area contributed by atoms with Crippen molar-refractivity contribution in [1.82, 2.24) is 9.78 Å². The second-order valence-electron chi connectivity index (χ2n) is 5.86. The van der Waals surface area contributed by atoms with Crippen LogP contribution in [0.5, 0.6) is 0 Å². The van der Waals surface area contributed by atoms with Crippen molar-refractivity contribution in [3.63, 3.8) is 0 Å². The van der Waals surface area contributed by atoms with Crippen LogP contribution in [0, 0.1) is 0 Å².